The van der Waals surface area contributed by atoms with Gasteiger partial charge < -0.3 is 9.80 Å². The maximum atomic E-state index is 13.0. The second-order valence-electron chi connectivity index (χ2n) is 6.64. The SMILES string of the molecule is Cc1ccccc1CC(=O)N1CCCN(C(=O)c2ccc(F)cc2)CC1. The van der Waals surface area contributed by atoms with Crippen LogP contribution in [0.25, 0.3) is 0 Å². The molecule has 0 saturated carbocycles. The van der Waals surface area contributed by atoms with Gasteiger partial charge in [-0.1, -0.05) is 24.3 Å². The topological polar surface area (TPSA) is 40.6 Å². The minimum Gasteiger partial charge on any atom is -0.341 e. The standard InChI is InChI=1S/C21H23FN2O2/c1-16-5-2-3-6-18(16)15-20(25)23-11-4-12-24(14-13-23)21(26)17-7-9-19(22)10-8-17/h2-3,5-10H,4,11-15H2,1H3. The molecular formula is C21H23FN2O2. The second kappa shape index (κ2) is 8.13. The van der Waals surface area contributed by atoms with Gasteiger partial charge in [0.15, 0.2) is 0 Å². The molecule has 0 spiro atoms. The lowest BCUT2D eigenvalue weighted by atomic mass is 10.1. The molecule has 1 fully saturated rings. The highest BCUT2D eigenvalue weighted by Gasteiger charge is 2.23. The Balaban J connectivity index is 1.61. The first-order valence-corrected chi connectivity index (χ1v) is 8.92. The Labute approximate surface area is 153 Å². The van der Waals surface area contributed by atoms with Crippen molar-refractivity contribution in [3.8, 4) is 0 Å². The van der Waals surface area contributed by atoms with E-state index in [0.717, 1.165) is 17.5 Å². The zero-order valence-corrected chi connectivity index (χ0v) is 15.0. The highest BCUT2D eigenvalue weighted by molar-refractivity contribution is 5.94. The lowest BCUT2D eigenvalue weighted by molar-refractivity contribution is -0.130. The summed E-state index contributed by atoms with van der Waals surface area (Å²) in [7, 11) is 0. The van der Waals surface area contributed by atoms with E-state index >= 15 is 0 Å². The Morgan fingerprint density at radius 2 is 1.58 bits per heavy atom. The third-order valence-corrected chi connectivity index (χ3v) is 4.83. The van der Waals surface area contributed by atoms with Gasteiger partial charge in [-0.2, -0.15) is 0 Å². The van der Waals surface area contributed by atoms with Crippen LogP contribution in [-0.2, 0) is 11.2 Å². The summed E-state index contributed by atoms with van der Waals surface area (Å²) in [6.07, 6.45) is 1.13. The zero-order valence-electron chi connectivity index (χ0n) is 15.0. The van der Waals surface area contributed by atoms with Gasteiger partial charge in [-0.25, -0.2) is 4.39 Å². The summed E-state index contributed by atoms with van der Waals surface area (Å²) in [5, 5.41) is 0. The van der Waals surface area contributed by atoms with Crippen molar-refractivity contribution in [2.75, 3.05) is 26.2 Å². The van der Waals surface area contributed by atoms with Gasteiger partial charge in [-0.05, 0) is 48.7 Å². The van der Waals surface area contributed by atoms with Gasteiger partial charge >= 0.3 is 0 Å². The van der Waals surface area contributed by atoms with Gasteiger partial charge in [-0.3, -0.25) is 9.59 Å². The van der Waals surface area contributed by atoms with E-state index in [0.29, 0.717) is 38.2 Å². The monoisotopic (exact) mass is 354 g/mol. The number of hydrogen-bond acceptors (Lipinski definition) is 2. The van der Waals surface area contributed by atoms with E-state index in [2.05, 4.69) is 0 Å². The Hall–Kier alpha value is -2.69. The van der Waals surface area contributed by atoms with Gasteiger partial charge in [0.25, 0.3) is 5.91 Å². The first kappa shape index (κ1) is 18.1. The molecule has 2 aromatic carbocycles. The normalized spacial score (nSPS) is 14.8. The van der Waals surface area contributed by atoms with Crippen molar-refractivity contribution >= 4 is 11.8 Å². The Morgan fingerprint density at radius 1 is 0.923 bits per heavy atom. The summed E-state index contributed by atoms with van der Waals surface area (Å²) >= 11 is 0. The molecule has 2 aromatic rings. The molecule has 3 rings (SSSR count). The maximum Gasteiger partial charge on any atom is 0.253 e. The van der Waals surface area contributed by atoms with Crippen molar-refractivity contribution in [1.82, 2.24) is 9.80 Å². The maximum absolute atomic E-state index is 13.0. The van der Waals surface area contributed by atoms with E-state index in [4.69, 9.17) is 0 Å². The number of carbonyl (C=O) groups is 2. The Bertz CT molecular complexity index is 789. The van der Waals surface area contributed by atoms with Crippen molar-refractivity contribution in [3.63, 3.8) is 0 Å². The molecule has 0 bridgehead atoms. The number of aryl methyl sites for hydroxylation is 1. The quantitative estimate of drug-likeness (QED) is 0.850. The number of rotatable bonds is 3. The van der Waals surface area contributed by atoms with Crippen LogP contribution in [0.2, 0.25) is 0 Å². The van der Waals surface area contributed by atoms with Crippen LogP contribution in [-0.4, -0.2) is 47.8 Å². The molecule has 0 N–H and O–H groups in total. The molecular weight excluding hydrogens is 331 g/mol. The predicted octanol–water partition coefficient (Wildman–Crippen LogP) is 3.05. The lowest BCUT2D eigenvalue weighted by Crippen LogP contribution is -2.38. The number of nitrogens with zero attached hydrogens (tertiary/aromatic N) is 2. The van der Waals surface area contributed by atoms with Crippen LogP contribution in [0.5, 0.6) is 0 Å². The molecule has 1 heterocycles. The van der Waals surface area contributed by atoms with Crippen LogP contribution in [0.3, 0.4) is 0 Å². The van der Waals surface area contributed by atoms with E-state index in [1.807, 2.05) is 36.1 Å². The highest BCUT2D eigenvalue weighted by atomic mass is 19.1. The lowest BCUT2D eigenvalue weighted by Gasteiger charge is -2.22. The summed E-state index contributed by atoms with van der Waals surface area (Å²) < 4.78 is 13.0. The Morgan fingerprint density at radius 3 is 2.31 bits per heavy atom. The smallest absolute Gasteiger partial charge is 0.253 e. The third-order valence-electron chi connectivity index (χ3n) is 4.83. The Kier molecular flexibility index (Phi) is 5.66. The molecule has 26 heavy (non-hydrogen) atoms. The molecule has 1 saturated heterocycles. The van der Waals surface area contributed by atoms with Crippen molar-refractivity contribution in [1.29, 1.82) is 0 Å². The first-order valence-electron chi connectivity index (χ1n) is 8.92. The molecule has 136 valence electrons. The third kappa shape index (κ3) is 4.28. The fourth-order valence-corrected chi connectivity index (χ4v) is 3.23. The van der Waals surface area contributed by atoms with Crippen LogP contribution in [0.4, 0.5) is 4.39 Å². The number of amides is 2. The molecule has 2 amide bonds. The van der Waals surface area contributed by atoms with Crippen LogP contribution in [0, 0.1) is 12.7 Å². The van der Waals surface area contributed by atoms with Crippen molar-refractivity contribution in [2.24, 2.45) is 0 Å². The fourth-order valence-electron chi connectivity index (χ4n) is 3.23. The van der Waals surface area contributed by atoms with Crippen LogP contribution < -0.4 is 0 Å². The predicted molar refractivity (Wildman–Crippen MR) is 98.4 cm³/mol. The molecule has 1 aliphatic rings. The highest BCUT2D eigenvalue weighted by Crippen LogP contribution is 2.13. The van der Waals surface area contributed by atoms with Crippen LogP contribution in [0.1, 0.15) is 27.9 Å². The summed E-state index contributed by atoms with van der Waals surface area (Å²) in [6, 6.07) is 13.5. The van der Waals surface area contributed by atoms with E-state index in [-0.39, 0.29) is 17.6 Å². The largest absolute Gasteiger partial charge is 0.341 e. The number of benzene rings is 2. The van der Waals surface area contributed by atoms with E-state index < -0.39 is 0 Å². The van der Waals surface area contributed by atoms with Crippen molar-refractivity contribution in [3.05, 3.63) is 71.0 Å². The van der Waals surface area contributed by atoms with Gasteiger partial charge in [0.1, 0.15) is 5.82 Å². The minimum atomic E-state index is -0.356. The summed E-state index contributed by atoms with van der Waals surface area (Å²) in [5.74, 6) is -0.376. The van der Waals surface area contributed by atoms with Gasteiger partial charge in [0, 0.05) is 31.7 Å². The molecule has 0 atom stereocenters. The summed E-state index contributed by atoms with van der Waals surface area (Å²) in [5.41, 5.74) is 2.64. The summed E-state index contributed by atoms with van der Waals surface area (Å²) in [4.78, 5) is 28.8. The molecule has 5 heteroatoms. The van der Waals surface area contributed by atoms with Crippen LogP contribution in [0.15, 0.2) is 48.5 Å². The molecule has 0 aliphatic carbocycles. The molecule has 0 radical (unpaired) electrons. The average Bonchev–Trinajstić information content (AvgIpc) is 2.90. The fraction of sp³-hybridized carbons (Fsp3) is 0.333. The van der Waals surface area contributed by atoms with E-state index in [1.54, 1.807) is 4.90 Å². The van der Waals surface area contributed by atoms with Crippen molar-refractivity contribution in [2.45, 2.75) is 19.8 Å². The minimum absolute atomic E-state index is 0.0929. The molecule has 4 nitrogen and oxygen atoms in total. The van der Waals surface area contributed by atoms with Crippen LogP contribution >= 0.6 is 0 Å². The summed E-state index contributed by atoms with van der Waals surface area (Å²) in [6.45, 7) is 4.28. The zero-order chi connectivity index (χ0) is 18.5. The van der Waals surface area contributed by atoms with Gasteiger partial charge in [0.2, 0.25) is 5.91 Å². The van der Waals surface area contributed by atoms with E-state index in [1.165, 1.54) is 24.3 Å². The van der Waals surface area contributed by atoms with E-state index in [9.17, 15) is 14.0 Å². The van der Waals surface area contributed by atoms with Gasteiger partial charge in [0.05, 0.1) is 6.42 Å². The number of hydrogen-bond donors (Lipinski definition) is 0. The number of halogens is 1. The number of carbonyl (C=O) groups excluding carboxylic acids is 2. The van der Waals surface area contributed by atoms with Gasteiger partial charge in [-0.15, -0.1) is 0 Å². The second-order valence-corrected chi connectivity index (χ2v) is 6.64. The molecule has 0 aromatic heterocycles. The first-order chi connectivity index (χ1) is 12.5. The van der Waals surface area contributed by atoms with Crippen molar-refractivity contribution < 1.29 is 14.0 Å². The molecule has 1 aliphatic heterocycles. The average molecular weight is 354 g/mol. The molecule has 0 unspecified atom stereocenters.